The molecule has 0 aliphatic carbocycles. The highest BCUT2D eigenvalue weighted by Crippen LogP contribution is 2.23. The van der Waals surface area contributed by atoms with Crippen molar-refractivity contribution in [3.8, 4) is 11.5 Å². The minimum atomic E-state index is 0.00540. The number of rotatable bonds is 4. The third-order valence-electron chi connectivity index (χ3n) is 5.03. The van der Waals surface area contributed by atoms with E-state index in [0.717, 1.165) is 0 Å². The zero-order valence-electron chi connectivity index (χ0n) is 16.2. The summed E-state index contributed by atoms with van der Waals surface area (Å²) in [6.07, 6.45) is 0. The third-order valence-corrected chi connectivity index (χ3v) is 5.03. The van der Waals surface area contributed by atoms with Crippen LogP contribution in [0, 0.1) is 0 Å². The first kappa shape index (κ1) is 19.4. The molecule has 2 aliphatic rings. The van der Waals surface area contributed by atoms with Crippen LogP contribution in [0.3, 0.4) is 0 Å². The quantitative estimate of drug-likeness (QED) is 0.794. The Hall–Kier alpha value is -2.90. The maximum absolute atomic E-state index is 12.5. The molecule has 7 heteroatoms. The van der Waals surface area contributed by atoms with Crippen LogP contribution in [0.2, 0.25) is 0 Å². The molecule has 2 saturated heterocycles. The molecule has 2 amide bonds. The van der Waals surface area contributed by atoms with Crippen molar-refractivity contribution < 1.29 is 23.8 Å². The molecule has 2 aromatic rings. The smallest absolute Gasteiger partial charge is 0.254 e. The molecule has 2 aromatic carbocycles. The zero-order valence-corrected chi connectivity index (χ0v) is 16.2. The number of carbonyl (C=O) groups is 2. The van der Waals surface area contributed by atoms with Crippen LogP contribution in [-0.4, -0.2) is 74.2 Å². The van der Waals surface area contributed by atoms with Crippen LogP contribution in [0.1, 0.15) is 20.7 Å². The van der Waals surface area contributed by atoms with Crippen LogP contribution < -0.4 is 4.74 Å². The number of hydrogen-bond acceptors (Lipinski definition) is 5. The average molecular weight is 396 g/mol. The lowest BCUT2D eigenvalue weighted by Crippen LogP contribution is -2.40. The number of benzene rings is 2. The molecule has 0 radical (unpaired) electrons. The van der Waals surface area contributed by atoms with E-state index in [9.17, 15) is 9.59 Å². The molecule has 0 atom stereocenters. The van der Waals surface area contributed by atoms with E-state index in [0.29, 0.717) is 75.2 Å². The van der Waals surface area contributed by atoms with Gasteiger partial charge in [0.1, 0.15) is 11.5 Å². The number of hydrogen-bond donors (Lipinski definition) is 0. The Balaban J connectivity index is 1.36. The van der Waals surface area contributed by atoms with Crippen LogP contribution in [0.5, 0.6) is 11.5 Å². The van der Waals surface area contributed by atoms with Crippen molar-refractivity contribution in [2.45, 2.75) is 0 Å². The van der Waals surface area contributed by atoms with E-state index in [-0.39, 0.29) is 11.8 Å². The van der Waals surface area contributed by atoms with Gasteiger partial charge in [0.05, 0.1) is 26.4 Å². The molecule has 2 aliphatic heterocycles. The molecule has 2 fully saturated rings. The highest BCUT2D eigenvalue weighted by Gasteiger charge is 2.19. The van der Waals surface area contributed by atoms with Gasteiger partial charge in [0.15, 0.2) is 0 Å². The van der Waals surface area contributed by atoms with Gasteiger partial charge in [0.2, 0.25) is 0 Å². The molecule has 7 nitrogen and oxygen atoms in total. The number of carbonyl (C=O) groups excluding carboxylic acids is 2. The lowest BCUT2D eigenvalue weighted by Gasteiger charge is -2.27. The first-order chi connectivity index (χ1) is 14.2. The van der Waals surface area contributed by atoms with Crippen LogP contribution >= 0.6 is 0 Å². The normalized spacial score (nSPS) is 17.1. The van der Waals surface area contributed by atoms with E-state index in [4.69, 9.17) is 14.2 Å². The van der Waals surface area contributed by atoms with E-state index in [1.54, 1.807) is 58.3 Å². The number of nitrogens with zero attached hydrogens (tertiary/aromatic N) is 2. The molecule has 0 aromatic heterocycles. The van der Waals surface area contributed by atoms with E-state index < -0.39 is 0 Å². The minimum absolute atomic E-state index is 0.00540. The van der Waals surface area contributed by atoms with Crippen molar-refractivity contribution in [1.29, 1.82) is 0 Å². The fourth-order valence-electron chi connectivity index (χ4n) is 3.37. The van der Waals surface area contributed by atoms with E-state index >= 15 is 0 Å². The monoisotopic (exact) mass is 396 g/mol. The predicted octanol–water partition coefficient (Wildman–Crippen LogP) is 2.42. The van der Waals surface area contributed by atoms with Crippen LogP contribution in [0.25, 0.3) is 0 Å². The molecular formula is C22H24N2O5. The van der Waals surface area contributed by atoms with Gasteiger partial charge in [-0.3, -0.25) is 9.59 Å². The van der Waals surface area contributed by atoms with Gasteiger partial charge >= 0.3 is 0 Å². The second kappa shape index (κ2) is 9.07. The van der Waals surface area contributed by atoms with Gasteiger partial charge in [-0.2, -0.15) is 0 Å². The Labute approximate surface area is 169 Å². The van der Waals surface area contributed by atoms with Gasteiger partial charge in [-0.1, -0.05) is 0 Å². The molecule has 152 valence electrons. The molecule has 0 N–H and O–H groups in total. The summed E-state index contributed by atoms with van der Waals surface area (Å²) in [4.78, 5) is 28.6. The Morgan fingerprint density at radius 3 is 1.31 bits per heavy atom. The van der Waals surface area contributed by atoms with Crippen molar-refractivity contribution >= 4 is 11.8 Å². The molecule has 0 bridgehead atoms. The maximum atomic E-state index is 12.5. The standard InChI is InChI=1S/C22H24N2O5/c25-21(23-9-13-27-14-10-23)17-1-5-19(6-2-17)29-20-7-3-18(4-8-20)22(26)24-11-15-28-16-12-24/h1-8H,9-16H2. The number of amides is 2. The molecule has 0 spiro atoms. The minimum Gasteiger partial charge on any atom is -0.457 e. The largest absolute Gasteiger partial charge is 0.457 e. The lowest BCUT2D eigenvalue weighted by atomic mass is 10.1. The molecule has 0 saturated carbocycles. The second-order valence-corrected chi connectivity index (χ2v) is 6.96. The summed E-state index contributed by atoms with van der Waals surface area (Å²) in [6, 6.07) is 14.2. The second-order valence-electron chi connectivity index (χ2n) is 6.96. The summed E-state index contributed by atoms with van der Waals surface area (Å²) in [5.41, 5.74) is 1.26. The van der Waals surface area contributed by atoms with Gasteiger partial charge in [-0.15, -0.1) is 0 Å². The lowest BCUT2D eigenvalue weighted by molar-refractivity contribution is 0.0301. The maximum Gasteiger partial charge on any atom is 0.254 e. The summed E-state index contributed by atoms with van der Waals surface area (Å²) in [7, 11) is 0. The van der Waals surface area contributed by atoms with E-state index in [2.05, 4.69) is 0 Å². The zero-order chi connectivity index (χ0) is 20.1. The fraction of sp³-hybridized carbons (Fsp3) is 0.364. The highest BCUT2D eigenvalue weighted by molar-refractivity contribution is 5.95. The third kappa shape index (κ3) is 4.75. The van der Waals surface area contributed by atoms with Gasteiger partial charge in [-0.25, -0.2) is 0 Å². The van der Waals surface area contributed by atoms with Gasteiger partial charge in [0, 0.05) is 37.3 Å². The number of morpholine rings is 2. The fourth-order valence-corrected chi connectivity index (χ4v) is 3.37. The van der Waals surface area contributed by atoms with E-state index in [1.165, 1.54) is 0 Å². The Morgan fingerprint density at radius 1 is 0.621 bits per heavy atom. The first-order valence-corrected chi connectivity index (χ1v) is 9.83. The van der Waals surface area contributed by atoms with Crippen LogP contribution in [-0.2, 0) is 9.47 Å². The molecule has 2 heterocycles. The number of ether oxygens (including phenoxy) is 3. The topological polar surface area (TPSA) is 68.3 Å². The van der Waals surface area contributed by atoms with Crippen molar-refractivity contribution in [3.63, 3.8) is 0 Å². The first-order valence-electron chi connectivity index (χ1n) is 9.83. The van der Waals surface area contributed by atoms with Crippen molar-refractivity contribution in [2.24, 2.45) is 0 Å². The SMILES string of the molecule is O=C(c1ccc(Oc2ccc(C(=O)N3CCOCC3)cc2)cc1)N1CCOCC1. The average Bonchev–Trinajstić information content (AvgIpc) is 2.80. The summed E-state index contributed by atoms with van der Waals surface area (Å²) in [5, 5.41) is 0. The summed E-state index contributed by atoms with van der Waals surface area (Å²) in [5.74, 6) is 1.28. The molecule has 4 rings (SSSR count). The predicted molar refractivity (Wildman–Crippen MR) is 106 cm³/mol. The van der Waals surface area contributed by atoms with Crippen molar-refractivity contribution in [2.75, 3.05) is 52.6 Å². The summed E-state index contributed by atoms with van der Waals surface area (Å²) in [6.45, 7) is 4.79. The highest BCUT2D eigenvalue weighted by atomic mass is 16.5. The van der Waals surface area contributed by atoms with Crippen LogP contribution in [0.15, 0.2) is 48.5 Å². The molecule has 29 heavy (non-hydrogen) atoms. The van der Waals surface area contributed by atoms with Gasteiger partial charge in [-0.05, 0) is 48.5 Å². The molecule has 0 unspecified atom stereocenters. The van der Waals surface area contributed by atoms with Crippen molar-refractivity contribution in [3.05, 3.63) is 59.7 Å². The van der Waals surface area contributed by atoms with Gasteiger partial charge < -0.3 is 24.0 Å². The summed E-state index contributed by atoms with van der Waals surface area (Å²) < 4.78 is 16.4. The van der Waals surface area contributed by atoms with Gasteiger partial charge in [0.25, 0.3) is 11.8 Å². The van der Waals surface area contributed by atoms with Crippen LogP contribution in [0.4, 0.5) is 0 Å². The Morgan fingerprint density at radius 2 is 0.966 bits per heavy atom. The van der Waals surface area contributed by atoms with Crippen molar-refractivity contribution in [1.82, 2.24) is 9.80 Å². The Kier molecular flexibility index (Phi) is 6.07. The van der Waals surface area contributed by atoms with E-state index in [1.807, 2.05) is 0 Å². The molecular weight excluding hydrogens is 372 g/mol. The Bertz CT molecular complexity index is 767. The summed E-state index contributed by atoms with van der Waals surface area (Å²) >= 11 is 0.